The lowest BCUT2D eigenvalue weighted by atomic mass is 10.1. The lowest BCUT2D eigenvalue weighted by molar-refractivity contribution is 0.588. The summed E-state index contributed by atoms with van der Waals surface area (Å²) >= 11 is 0. The van der Waals surface area contributed by atoms with Crippen LogP contribution in [0.4, 0.5) is 8.78 Å². The number of benzene rings is 1. The fraction of sp³-hybridized carbons (Fsp3) is 0.0909. The second-order valence-electron chi connectivity index (χ2n) is 3.48. The number of aromatic amines is 1. The Hall–Kier alpha value is -2.24. The van der Waals surface area contributed by atoms with Gasteiger partial charge in [0.05, 0.1) is 11.3 Å². The van der Waals surface area contributed by atoms with Crippen LogP contribution < -0.4 is 11.2 Å². The Bertz CT molecular complexity index is 637. The van der Waals surface area contributed by atoms with Crippen LogP contribution in [0.3, 0.4) is 0 Å². The topological polar surface area (TPSA) is 54.9 Å². The summed E-state index contributed by atoms with van der Waals surface area (Å²) in [5, 5.41) is 0. The van der Waals surface area contributed by atoms with Gasteiger partial charge in [0.2, 0.25) is 0 Å². The average Bonchev–Trinajstić information content (AvgIpc) is 2.25. The SMILES string of the molecule is Cn1c(=O)cc(-c2c(F)cccc2F)[nH]c1=O. The maximum absolute atomic E-state index is 13.4. The molecule has 17 heavy (non-hydrogen) atoms. The molecule has 2 rings (SSSR count). The number of hydrogen-bond acceptors (Lipinski definition) is 2. The van der Waals surface area contributed by atoms with Crippen LogP contribution in [0.25, 0.3) is 11.3 Å². The lowest BCUT2D eigenvalue weighted by Gasteiger charge is -2.05. The standard InChI is InChI=1S/C11H8F2N2O2/c1-15-9(16)5-8(14-11(15)17)10-6(12)3-2-4-7(10)13/h2-5H,1H3,(H,14,17). The molecule has 4 nitrogen and oxygen atoms in total. The molecule has 0 spiro atoms. The second kappa shape index (κ2) is 3.97. The first-order valence-corrected chi connectivity index (χ1v) is 4.75. The number of rotatable bonds is 1. The van der Waals surface area contributed by atoms with Crippen molar-refractivity contribution in [3.8, 4) is 11.3 Å². The molecule has 0 aliphatic heterocycles. The highest BCUT2D eigenvalue weighted by Crippen LogP contribution is 2.22. The molecule has 6 heteroatoms. The van der Waals surface area contributed by atoms with E-state index >= 15 is 0 Å². The highest BCUT2D eigenvalue weighted by Gasteiger charge is 2.13. The molecule has 0 saturated heterocycles. The first kappa shape index (κ1) is 11.3. The van der Waals surface area contributed by atoms with E-state index in [0.717, 1.165) is 22.8 Å². The molecule has 0 amide bonds. The van der Waals surface area contributed by atoms with Gasteiger partial charge < -0.3 is 4.98 Å². The van der Waals surface area contributed by atoms with Crippen LogP contribution in [0.2, 0.25) is 0 Å². The largest absolute Gasteiger partial charge is 0.328 e. The van der Waals surface area contributed by atoms with E-state index in [-0.39, 0.29) is 5.69 Å². The number of halogens is 2. The molecule has 1 aromatic carbocycles. The Labute approximate surface area is 94.2 Å². The number of nitrogens with one attached hydrogen (secondary N) is 1. The third-order valence-corrected chi connectivity index (χ3v) is 2.38. The molecule has 0 radical (unpaired) electrons. The van der Waals surface area contributed by atoms with Crippen molar-refractivity contribution in [2.75, 3.05) is 0 Å². The van der Waals surface area contributed by atoms with Crippen LogP contribution in [0.15, 0.2) is 33.9 Å². The zero-order valence-electron chi connectivity index (χ0n) is 8.83. The van der Waals surface area contributed by atoms with E-state index in [1.807, 2.05) is 0 Å². The minimum absolute atomic E-state index is 0.172. The minimum atomic E-state index is -0.839. The Morgan fingerprint density at radius 2 is 1.76 bits per heavy atom. The summed E-state index contributed by atoms with van der Waals surface area (Å²) in [6, 6.07) is 4.28. The smallest absolute Gasteiger partial charge is 0.306 e. The first-order chi connectivity index (χ1) is 8.00. The van der Waals surface area contributed by atoms with E-state index in [1.165, 1.54) is 13.1 Å². The van der Waals surface area contributed by atoms with E-state index in [9.17, 15) is 18.4 Å². The molecule has 1 aromatic heterocycles. The Morgan fingerprint density at radius 1 is 1.18 bits per heavy atom. The minimum Gasteiger partial charge on any atom is -0.306 e. The summed E-state index contributed by atoms with van der Waals surface area (Å²) in [6.45, 7) is 0. The van der Waals surface area contributed by atoms with Crippen molar-refractivity contribution < 1.29 is 8.78 Å². The molecule has 0 bridgehead atoms. The summed E-state index contributed by atoms with van der Waals surface area (Å²) in [4.78, 5) is 24.9. The number of H-pyrrole nitrogens is 1. The normalized spacial score (nSPS) is 10.5. The summed E-state index contributed by atoms with van der Waals surface area (Å²) < 4.78 is 27.7. The van der Waals surface area contributed by atoms with E-state index in [0.29, 0.717) is 0 Å². The number of hydrogen-bond donors (Lipinski definition) is 1. The molecule has 0 atom stereocenters. The second-order valence-corrected chi connectivity index (χ2v) is 3.48. The van der Waals surface area contributed by atoms with Crippen molar-refractivity contribution in [1.82, 2.24) is 9.55 Å². The predicted octanol–water partition coefficient (Wildman–Crippen LogP) is 1.02. The van der Waals surface area contributed by atoms with Gasteiger partial charge in [-0.3, -0.25) is 9.36 Å². The number of nitrogens with zero attached hydrogens (tertiary/aromatic N) is 1. The van der Waals surface area contributed by atoms with Crippen molar-refractivity contribution in [3.05, 3.63) is 56.7 Å². The number of aromatic nitrogens is 2. The zero-order valence-corrected chi connectivity index (χ0v) is 8.83. The summed E-state index contributed by atoms with van der Waals surface area (Å²) in [6.07, 6.45) is 0. The maximum Gasteiger partial charge on any atom is 0.328 e. The molecule has 0 fully saturated rings. The van der Waals surface area contributed by atoms with E-state index in [1.54, 1.807) is 0 Å². The molecular formula is C11H8F2N2O2. The third kappa shape index (κ3) is 1.89. The fourth-order valence-corrected chi connectivity index (χ4v) is 1.45. The van der Waals surface area contributed by atoms with Crippen LogP contribution in [-0.4, -0.2) is 9.55 Å². The molecule has 1 N–H and O–H groups in total. The van der Waals surface area contributed by atoms with Crippen molar-refractivity contribution in [2.45, 2.75) is 0 Å². The average molecular weight is 238 g/mol. The van der Waals surface area contributed by atoms with Gasteiger partial charge in [-0.1, -0.05) is 6.07 Å². The monoisotopic (exact) mass is 238 g/mol. The van der Waals surface area contributed by atoms with Crippen LogP contribution in [0.5, 0.6) is 0 Å². The molecule has 2 aromatic rings. The van der Waals surface area contributed by atoms with Crippen LogP contribution in [-0.2, 0) is 7.05 Å². The van der Waals surface area contributed by atoms with Gasteiger partial charge in [0.1, 0.15) is 11.6 Å². The molecule has 88 valence electrons. The van der Waals surface area contributed by atoms with Crippen molar-refractivity contribution in [2.24, 2.45) is 7.05 Å². The van der Waals surface area contributed by atoms with Gasteiger partial charge in [0, 0.05) is 13.1 Å². The van der Waals surface area contributed by atoms with Gasteiger partial charge in [-0.25, -0.2) is 13.6 Å². The maximum atomic E-state index is 13.4. The van der Waals surface area contributed by atoms with E-state index in [2.05, 4.69) is 4.98 Å². The van der Waals surface area contributed by atoms with Crippen molar-refractivity contribution in [1.29, 1.82) is 0 Å². The summed E-state index contributed by atoms with van der Waals surface area (Å²) in [7, 11) is 1.27. The predicted molar refractivity (Wildman–Crippen MR) is 57.7 cm³/mol. The van der Waals surface area contributed by atoms with Crippen molar-refractivity contribution >= 4 is 0 Å². The van der Waals surface area contributed by atoms with Crippen LogP contribution in [0.1, 0.15) is 0 Å². The molecule has 0 saturated carbocycles. The van der Waals surface area contributed by atoms with Gasteiger partial charge in [-0.05, 0) is 12.1 Å². The molecule has 0 aliphatic carbocycles. The van der Waals surface area contributed by atoms with Crippen LogP contribution >= 0.6 is 0 Å². The van der Waals surface area contributed by atoms with Gasteiger partial charge >= 0.3 is 5.69 Å². The zero-order chi connectivity index (χ0) is 12.6. The van der Waals surface area contributed by atoms with E-state index < -0.39 is 28.4 Å². The third-order valence-electron chi connectivity index (χ3n) is 2.38. The van der Waals surface area contributed by atoms with Crippen molar-refractivity contribution in [3.63, 3.8) is 0 Å². The Morgan fingerprint density at radius 3 is 2.29 bits per heavy atom. The highest BCUT2D eigenvalue weighted by atomic mass is 19.1. The highest BCUT2D eigenvalue weighted by molar-refractivity contribution is 5.59. The first-order valence-electron chi connectivity index (χ1n) is 4.75. The van der Waals surface area contributed by atoms with Gasteiger partial charge in [-0.2, -0.15) is 0 Å². The van der Waals surface area contributed by atoms with Gasteiger partial charge in [0.25, 0.3) is 5.56 Å². The Kier molecular flexibility index (Phi) is 2.63. The summed E-state index contributed by atoms with van der Waals surface area (Å²) in [5.74, 6) is -1.68. The van der Waals surface area contributed by atoms with Crippen LogP contribution in [0, 0.1) is 11.6 Å². The quantitative estimate of drug-likeness (QED) is 0.806. The Balaban J connectivity index is 2.79. The molecular weight excluding hydrogens is 230 g/mol. The molecule has 0 aliphatic rings. The molecule has 0 unspecified atom stereocenters. The lowest BCUT2D eigenvalue weighted by Crippen LogP contribution is -2.32. The molecule has 1 heterocycles. The van der Waals surface area contributed by atoms with E-state index in [4.69, 9.17) is 0 Å². The van der Waals surface area contributed by atoms with Gasteiger partial charge in [0.15, 0.2) is 0 Å². The summed E-state index contributed by atoms with van der Waals surface area (Å²) in [5.41, 5.74) is -1.95. The fourth-order valence-electron chi connectivity index (χ4n) is 1.45. The van der Waals surface area contributed by atoms with Gasteiger partial charge in [-0.15, -0.1) is 0 Å².